The number of tetrazole rings is 1. The largest absolute Gasteiger partial charge is 0.394 e. The van der Waals surface area contributed by atoms with Gasteiger partial charge < -0.3 is 5.73 Å². The molecule has 0 aliphatic rings. The van der Waals surface area contributed by atoms with Gasteiger partial charge in [-0.05, 0) is 21.1 Å². The van der Waals surface area contributed by atoms with E-state index in [1.807, 2.05) is 0 Å². The molecule has 0 aliphatic heterocycles. The third-order valence-corrected chi connectivity index (χ3v) is 1.40. The lowest BCUT2D eigenvalue weighted by Gasteiger charge is -1.96. The first kappa shape index (κ1) is 7.25. The predicted octanol–water partition coefficient (Wildman–Crippen LogP) is 0.0433. The highest BCUT2D eigenvalue weighted by Gasteiger charge is 2.06. The molecule has 0 atom stereocenters. The average molecular weight is 177 g/mol. The first-order valence-electron chi connectivity index (χ1n) is 3.20. The van der Waals surface area contributed by atoms with E-state index in [0.717, 1.165) is 0 Å². The van der Waals surface area contributed by atoms with Crippen LogP contribution in [0, 0.1) is 0 Å². The molecule has 9 nitrogen and oxygen atoms in total. The summed E-state index contributed by atoms with van der Waals surface area (Å²) in [6.07, 6.45) is 1.32. The lowest BCUT2D eigenvalue weighted by Crippen LogP contribution is -1.96. The van der Waals surface area contributed by atoms with E-state index >= 15 is 0 Å². The lowest BCUT2D eigenvalue weighted by atomic mass is 10.5. The van der Waals surface area contributed by atoms with Crippen molar-refractivity contribution < 1.29 is 0 Å². The molecule has 64 valence electrons. The molecule has 2 aromatic heterocycles. The molecule has 0 unspecified atom stereocenters. The van der Waals surface area contributed by atoms with E-state index in [0.29, 0.717) is 5.65 Å². The maximum atomic E-state index is 8.17. The highest BCUT2D eigenvalue weighted by Crippen LogP contribution is 2.20. The van der Waals surface area contributed by atoms with Crippen molar-refractivity contribution in [3.63, 3.8) is 0 Å². The third-order valence-electron chi connectivity index (χ3n) is 1.40. The number of rotatable bonds is 1. The van der Waals surface area contributed by atoms with Crippen LogP contribution in [0.1, 0.15) is 0 Å². The number of azide groups is 1. The van der Waals surface area contributed by atoms with Gasteiger partial charge in [-0.1, -0.05) is 0 Å². The number of anilines is 1. The van der Waals surface area contributed by atoms with Crippen LogP contribution in [-0.4, -0.2) is 25.0 Å². The molecule has 2 rings (SSSR count). The minimum absolute atomic E-state index is 0.0739. The number of hydrogen-bond donors (Lipinski definition) is 1. The standard InChI is InChI=1S/C4H3N9/c5-2-3(8-10-6)7-1-13-4(2)9-11-12-13/h1H,5H2. The summed E-state index contributed by atoms with van der Waals surface area (Å²) in [5.74, 6) is 0.0739. The maximum absolute atomic E-state index is 8.17. The Hall–Kier alpha value is -2.41. The minimum Gasteiger partial charge on any atom is -0.394 e. The van der Waals surface area contributed by atoms with Crippen LogP contribution in [0.25, 0.3) is 16.1 Å². The highest BCUT2D eigenvalue weighted by molar-refractivity contribution is 5.73. The van der Waals surface area contributed by atoms with Gasteiger partial charge in [0.25, 0.3) is 0 Å². The van der Waals surface area contributed by atoms with Gasteiger partial charge in [-0.15, -0.1) is 5.10 Å². The second-order valence-corrected chi connectivity index (χ2v) is 2.12. The van der Waals surface area contributed by atoms with Crippen LogP contribution < -0.4 is 5.73 Å². The molecular formula is C4H3N9. The smallest absolute Gasteiger partial charge is 0.205 e. The quantitative estimate of drug-likeness (QED) is 0.373. The van der Waals surface area contributed by atoms with Crippen LogP contribution in [-0.2, 0) is 0 Å². The molecule has 2 heterocycles. The number of nitrogens with two attached hydrogens (primary N) is 1. The van der Waals surface area contributed by atoms with Crippen LogP contribution in [0.15, 0.2) is 11.4 Å². The zero-order chi connectivity index (χ0) is 9.26. The Morgan fingerprint density at radius 2 is 2.46 bits per heavy atom. The van der Waals surface area contributed by atoms with E-state index in [4.69, 9.17) is 11.3 Å². The maximum Gasteiger partial charge on any atom is 0.205 e. The topological polar surface area (TPSA) is 131 Å². The molecule has 0 bridgehead atoms. The van der Waals surface area contributed by atoms with Crippen molar-refractivity contribution in [2.24, 2.45) is 5.11 Å². The van der Waals surface area contributed by atoms with Crippen LogP contribution in [0.2, 0.25) is 0 Å². The van der Waals surface area contributed by atoms with E-state index < -0.39 is 0 Å². The Bertz CT molecular complexity index is 491. The lowest BCUT2D eigenvalue weighted by molar-refractivity contribution is 0.810. The van der Waals surface area contributed by atoms with Gasteiger partial charge in [0.2, 0.25) is 5.65 Å². The van der Waals surface area contributed by atoms with Crippen LogP contribution >= 0.6 is 0 Å². The number of hydrogen-bond acceptors (Lipinski definition) is 6. The Morgan fingerprint density at radius 1 is 1.62 bits per heavy atom. The van der Waals surface area contributed by atoms with E-state index in [1.165, 1.54) is 10.8 Å². The monoisotopic (exact) mass is 177 g/mol. The first-order chi connectivity index (χ1) is 6.33. The van der Waals surface area contributed by atoms with Crippen molar-refractivity contribution in [3.8, 4) is 0 Å². The van der Waals surface area contributed by atoms with Gasteiger partial charge in [0.1, 0.15) is 12.0 Å². The Kier molecular flexibility index (Phi) is 1.43. The summed E-state index contributed by atoms with van der Waals surface area (Å²) in [5.41, 5.74) is 14.2. The van der Waals surface area contributed by atoms with Crippen molar-refractivity contribution in [1.29, 1.82) is 0 Å². The summed E-state index contributed by atoms with van der Waals surface area (Å²) in [6, 6.07) is 0. The van der Waals surface area contributed by atoms with Crippen molar-refractivity contribution in [2.45, 2.75) is 0 Å². The Morgan fingerprint density at radius 3 is 3.23 bits per heavy atom. The Labute approximate surface area is 70.8 Å². The molecule has 0 fully saturated rings. The van der Waals surface area contributed by atoms with Gasteiger partial charge in [0.15, 0.2) is 5.82 Å². The molecule has 0 radical (unpaired) electrons. The summed E-state index contributed by atoms with van der Waals surface area (Å²) >= 11 is 0. The van der Waals surface area contributed by atoms with Gasteiger partial charge in [0.05, 0.1) is 0 Å². The third kappa shape index (κ3) is 0.993. The minimum atomic E-state index is 0.0739. The molecule has 0 aliphatic carbocycles. The molecule has 2 N–H and O–H groups in total. The normalized spacial score (nSPS) is 9.85. The molecule has 0 spiro atoms. The van der Waals surface area contributed by atoms with Gasteiger partial charge in [-0.2, -0.15) is 4.52 Å². The van der Waals surface area contributed by atoms with Crippen LogP contribution in [0.5, 0.6) is 0 Å². The number of aromatic nitrogens is 5. The molecule has 0 amide bonds. The molecule has 0 saturated carbocycles. The average Bonchev–Trinajstić information content (AvgIpc) is 2.58. The zero-order valence-electron chi connectivity index (χ0n) is 6.23. The van der Waals surface area contributed by atoms with E-state index in [-0.39, 0.29) is 11.5 Å². The summed E-state index contributed by atoms with van der Waals surface area (Å²) in [7, 11) is 0. The fourth-order valence-electron chi connectivity index (χ4n) is 0.850. The molecule has 2 aromatic rings. The SMILES string of the molecule is [N-]=[N+]=Nc1ncn2nnnc2c1N. The molecule has 9 heteroatoms. The van der Waals surface area contributed by atoms with E-state index in [9.17, 15) is 0 Å². The summed E-state index contributed by atoms with van der Waals surface area (Å²) in [6.45, 7) is 0. The number of fused-ring (bicyclic) bond motifs is 1. The van der Waals surface area contributed by atoms with Crippen LogP contribution in [0.4, 0.5) is 11.5 Å². The van der Waals surface area contributed by atoms with Crippen molar-refractivity contribution >= 4 is 17.2 Å². The Balaban J connectivity index is 2.80. The molecule has 13 heavy (non-hydrogen) atoms. The molecule has 0 aromatic carbocycles. The molecular weight excluding hydrogens is 174 g/mol. The summed E-state index contributed by atoms with van der Waals surface area (Å²) < 4.78 is 1.28. The van der Waals surface area contributed by atoms with Gasteiger partial charge in [-0.25, -0.2) is 4.98 Å². The van der Waals surface area contributed by atoms with Crippen molar-refractivity contribution in [1.82, 2.24) is 25.0 Å². The van der Waals surface area contributed by atoms with E-state index in [2.05, 4.69) is 30.5 Å². The van der Waals surface area contributed by atoms with Crippen molar-refractivity contribution in [3.05, 3.63) is 16.8 Å². The number of nitrogens with zero attached hydrogens (tertiary/aromatic N) is 8. The fraction of sp³-hybridized carbons (Fsp3) is 0. The van der Waals surface area contributed by atoms with E-state index in [1.54, 1.807) is 0 Å². The predicted molar refractivity (Wildman–Crippen MR) is 41.8 cm³/mol. The van der Waals surface area contributed by atoms with Gasteiger partial charge >= 0.3 is 0 Å². The molecule has 0 saturated heterocycles. The van der Waals surface area contributed by atoms with Gasteiger partial charge in [-0.3, -0.25) is 0 Å². The zero-order valence-corrected chi connectivity index (χ0v) is 6.23. The second kappa shape index (κ2) is 2.57. The summed E-state index contributed by atoms with van der Waals surface area (Å²) in [5, 5.41) is 13.8. The first-order valence-corrected chi connectivity index (χ1v) is 3.20. The second-order valence-electron chi connectivity index (χ2n) is 2.12. The van der Waals surface area contributed by atoms with Crippen molar-refractivity contribution in [2.75, 3.05) is 5.73 Å². The van der Waals surface area contributed by atoms with Crippen LogP contribution in [0.3, 0.4) is 0 Å². The van der Waals surface area contributed by atoms with Gasteiger partial charge in [0, 0.05) is 4.91 Å². The summed E-state index contributed by atoms with van der Waals surface area (Å²) in [4.78, 5) is 6.31. The fourth-order valence-corrected chi connectivity index (χ4v) is 0.850. The highest BCUT2D eigenvalue weighted by atomic mass is 15.5. The number of nitrogen functional groups attached to an aromatic ring is 1.